The van der Waals surface area contributed by atoms with Crippen LogP contribution in [0.4, 0.5) is 0 Å². The fraction of sp³-hybridized carbons (Fsp3) is 0.533. The Hall–Kier alpha value is -1.35. The number of benzene rings is 1. The lowest BCUT2D eigenvalue weighted by molar-refractivity contribution is 0.100. The summed E-state index contributed by atoms with van der Waals surface area (Å²) >= 11 is 0. The summed E-state index contributed by atoms with van der Waals surface area (Å²) in [6, 6.07) is 8.34. The zero-order chi connectivity index (χ0) is 13.0. The molecule has 0 saturated heterocycles. The maximum atomic E-state index is 11.0. The highest BCUT2D eigenvalue weighted by Crippen LogP contribution is 2.22. The van der Waals surface area contributed by atoms with Crippen molar-refractivity contribution < 1.29 is 4.79 Å². The maximum absolute atomic E-state index is 11.0. The van der Waals surface area contributed by atoms with E-state index < -0.39 is 0 Å². The van der Waals surface area contributed by atoms with Gasteiger partial charge in [0.2, 0.25) is 5.91 Å². The number of nitrogens with zero attached hydrogens (tertiary/aromatic N) is 1. The Labute approximate surface area is 109 Å². The van der Waals surface area contributed by atoms with E-state index in [1.54, 1.807) is 0 Å². The first-order valence-corrected chi connectivity index (χ1v) is 6.76. The summed E-state index contributed by atoms with van der Waals surface area (Å²) in [5, 5.41) is 0. The predicted molar refractivity (Wildman–Crippen MR) is 73.3 cm³/mol. The lowest BCUT2D eigenvalue weighted by Crippen LogP contribution is -2.32. The van der Waals surface area contributed by atoms with E-state index in [-0.39, 0.29) is 5.91 Å². The lowest BCUT2D eigenvalue weighted by atomic mass is 9.94. The van der Waals surface area contributed by atoms with Crippen molar-refractivity contribution in [2.24, 2.45) is 5.73 Å². The molecule has 1 aromatic carbocycles. The van der Waals surface area contributed by atoms with Crippen LogP contribution in [0.15, 0.2) is 24.3 Å². The molecule has 0 radical (unpaired) electrons. The number of carbonyl (C=O) groups is 1. The van der Waals surface area contributed by atoms with Crippen molar-refractivity contribution in [3.05, 3.63) is 35.4 Å². The standard InChI is InChI=1S/C15H22N2O/c1-17(14-5-3-2-4-6-14)11-12-7-9-13(10-8-12)15(16)18/h7-10,14H,2-6,11H2,1H3,(H2,16,18). The van der Waals surface area contributed by atoms with Gasteiger partial charge in [-0.3, -0.25) is 9.69 Å². The number of carbonyl (C=O) groups excluding carboxylic acids is 1. The van der Waals surface area contributed by atoms with Gasteiger partial charge in [0.1, 0.15) is 0 Å². The minimum Gasteiger partial charge on any atom is -0.366 e. The Kier molecular flexibility index (Phi) is 4.37. The first kappa shape index (κ1) is 13.1. The second kappa shape index (κ2) is 6.01. The van der Waals surface area contributed by atoms with Gasteiger partial charge >= 0.3 is 0 Å². The molecule has 3 nitrogen and oxygen atoms in total. The molecule has 1 amide bonds. The van der Waals surface area contributed by atoms with Gasteiger partial charge in [0.05, 0.1) is 0 Å². The monoisotopic (exact) mass is 246 g/mol. The number of amides is 1. The average molecular weight is 246 g/mol. The molecule has 98 valence electrons. The smallest absolute Gasteiger partial charge is 0.248 e. The minimum absolute atomic E-state index is 0.359. The van der Waals surface area contributed by atoms with Gasteiger partial charge in [-0.25, -0.2) is 0 Å². The van der Waals surface area contributed by atoms with E-state index in [1.165, 1.54) is 37.7 Å². The Balaban J connectivity index is 1.93. The summed E-state index contributed by atoms with van der Waals surface area (Å²) in [6.45, 7) is 0.948. The fourth-order valence-corrected chi connectivity index (χ4v) is 2.71. The van der Waals surface area contributed by atoms with Crippen molar-refractivity contribution in [1.82, 2.24) is 4.90 Å². The van der Waals surface area contributed by atoms with Crippen molar-refractivity contribution in [2.75, 3.05) is 7.05 Å². The zero-order valence-electron chi connectivity index (χ0n) is 11.1. The highest BCUT2D eigenvalue weighted by molar-refractivity contribution is 5.92. The van der Waals surface area contributed by atoms with Crippen LogP contribution in [0.3, 0.4) is 0 Å². The van der Waals surface area contributed by atoms with Crippen LogP contribution in [0.5, 0.6) is 0 Å². The Morgan fingerprint density at radius 3 is 2.39 bits per heavy atom. The van der Waals surface area contributed by atoms with Crippen molar-refractivity contribution >= 4 is 5.91 Å². The molecule has 2 N–H and O–H groups in total. The zero-order valence-corrected chi connectivity index (χ0v) is 11.1. The number of nitrogens with two attached hydrogens (primary N) is 1. The van der Waals surface area contributed by atoms with Gasteiger partial charge in [-0.05, 0) is 37.6 Å². The van der Waals surface area contributed by atoms with E-state index in [2.05, 4.69) is 11.9 Å². The second-order valence-electron chi connectivity index (χ2n) is 5.27. The van der Waals surface area contributed by atoms with Crippen LogP contribution in [0.1, 0.15) is 48.0 Å². The third-order valence-corrected chi connectivity index (χ3v) is 3.87. The topological polar surface area (TPSA) is 46.3 Å². The van der Waals surface area contributed by atoms with Gasteiger partial charge in [-0.1, -0.05) is 31.4 Å². The first-order valence-electron chi connectivity index (χ1n) is 6.76. The molecule has 0 aliphatic heterocycles. The quantitative estimate of drug-likeness (QED) is 0.887. The van der Waals surface area contributed by atoms with Crippen molar-refractivity contribution in [3.8, 4) is 0 Å². The molecule has 0 aromatic heterocycles. The SMILES string of the molecule is CN(Cc1ccc(C(N)=O)cc1)C1CCCCC1. The molecule has 1 aliphatic carbocycles. The van der Waals surface area contributed by atoms with Crippen molar-refractivity contribution in [2.45, 2.75) is 44.7 Å². The highest BCUT2D eigenvalue weighted by Gasteiger charge is 2.17. The van der Waals surface area contributed by atoms with Crippen LogP contribution < -0.4 is 5.73 Å². The number of rotatable bonds is 4. The van der Waals surface area contributed by atoms with Gasteiger partial charge in [0.15, 0.2) is 0 Å². The summed E-state index contributed by atoms with van der Waals surface area (Å²) in [7, 11) is 2.19. The molecular formula is C15H22N2O. The summed E-state index contributed by atoms with van der Waals surface area (Å²) < 4.78 is 0. The Morgan fingerprint density at radius 2 is 1.83 bits per heavy atom. The van der Waals surface area contributed by atoms with E-state index >= 15 is 0 Å². The summed E-state index contributed by atoms with van der Waals surface area (Å²) in [5.74, 6) is -0.359. The minimum atomic E-state index is -0.359. The molecule has 0 heterocycles. The molecule has 1 aliphatic rings. The summed E-state index contributed by atoms with van der Waals surface area (Å²) in [5.41, 5.74) is 7.06. The lowest BCUT2D eigenvalue weighted by Gasteiger charge is -2.31. The van der Waals surface area contributed by atoms with Gasteiger partial charge in [-0.15, -0.1) is 0 Å². The van der Waals surface area contributed by atoms with E-state index in [0.717, 1.165) is 12.6 Å². The van der Waals surface area contributed by atoms with Gasteiger partial charge in [0, 0.05) is 18.2 Å². The van der Waals surface area contributed by atoms with Crippen molar-refractivity contribution in [3.63, 3.8) is 0 Å². The molecule has 1 aromatic rings. The molecule has 3 heteroatoms. The first-order chi connectivity index (χ1) is 8.66. The van der Waals surface area contributed by atoms with Crippen LogP contribution in [-0.2, 0) is 6.54 Å². The van der Waals surface area contributed by atoms with Crippen LogP contribution >= 0.6 is 0 Å². The van der Waals surface area contributed by atoms with E-state index in [4.69, 9.17) is 5.73 Å². The van der Waals surface area contributed by atoms with Crippen molar-refractivity contribution in [1.29, 1.82) is 0 Å². The van der Waals surface area contributed by atoms with E-state index in [1.807, 2.05) is 24.3 Å². The molecule has 2 rings (SSSR count). The molecule has 0 atom stereocenters. The van der Waals surface area contributed by atoms with Gasteiger partial charge in [-0.2, -0.15) is 0 Å². The molecular weight excluding hydrogens is 224 g/mol. The molecule has 0 bridgehead atoms. The average Bonchev–Trinajstić information content (AvgIpc) is 2.40. The summed E-state index contributed by atoms with van der Waals surface area (Å²) in [4.78, 5) is 13.4. The van der Waals surface area contributed by atoms with Crippen LogP contribution in [0.2, 0.25) is 0 Å². The Bertz CT molecular complexity index is 393. The molecule has 1 saturated carbocycles. The second-order valence-corrected chi connectivity index (χ2v) is 5.27. The van der Waals surface area contributed by atoms with Crippen LogP contribution in [-0.4, -0.2) is 23.9 Å². The summed E-state index contributed by atoms with van der Waals surface area (Å²) in [6.07, 6.45) is 6.73. The number of hydrogen-bond acceptors (Lipinski definition) is 2. The largest absolute Gasteiger partial charge is 0.366 e. The normalized spacial score (nSPS) is 17.0. The van der Waals surface area contributed by atoms with Crippen LogP contribution in [0, 0.1) is 0 Å². The van der Waals surface area contributed by atoms with Gasteiger partial charge in [0.25, 0.3) is 0 Å². The Morgan fingerprint density at radius 1 is 1.22 bits per heavy atom. The number of hydrogen-bond donors (Lipinski definition) is 1. The van der Waals surface area contributed by atoms with Crippen LogP contribution in [0.25, 0.3) is 0 Å². The van der Waals surface area contributed by atoms with E-state index in [9.17, 15) is 4.79 Å². The molecule has 0 unspecified atom stereocenters. The molecule has 0 spiro atoms. The maximum Gasteiger partial charge on any atom is 0.248 e. The third-order valence-electron chi connectivity index (χ3n) is 3.87. The number of primary amides is 1. The molecule has 1 fully saturated rings. The van der Waals surface area contributed by atoms with E-state index in [0.29, 0.717) is 5.56 Å². The van der Waals surface area contributed by atoms with Gasteiger partial charge < -0.3 is 5.73 Å². The third kappa shape index (κ3) is 3.33. The predicted octanol–water partition coefficient (Wildman–Crippen LogP) is 2.55. The fourth-order valence-electron chi connectivity index (χ4n) is 2.71. The molecule has 18 heavy (non-hydrogen) atoms. The highest BCUT2D eigenvalue weighted by atomic mass is 16.1.